The van der Waals surface area contributed by atoms with Crippen molar-refractivity contribution in [3.8, 4) is 11.3 Å². The maximum Gasteiger partial charge on any atom is 0.287 e. The number of benzene rings is 2. The Balaban J connectivity index is 1.50. The Labute approximate surface area is 175 Å². The predicted molar refractivity (Wildman–Crippen MR) is 118 cm³/mol. The predicted octanol–water partition coefficient (Wildman–Crippen LogP) is 6.02. The molecule has 0 fully saturated rings. The van der Waals surface area contributed by atoms with Gasteiger partial charge in [0.2, 0.25) is 0 Å². The Morgan fingerprint density at radius 1 is 1.11 bits per heavy atom. The fraction of sp³-hybridized carbons (Fsp3) is 0.136. The highest BCUT2D eigenvalue weighted by Gasteiger charge is 2.14. The molecule has 1 amide bonds. The van der Waals surface area contributed by atoms with Crippen LogP contribution in [0.2, 0.25) is 0 Å². The minimum absolute atomic E-state index is 0.205. The maximum atomic E-state index is 12.1. The molecule has 0 saturated heterocycles. The Hall–Kier alpha value is -2.44. The molecule has 0 aliphatic carbocycles. The molecular weight excluding hydrogens is 436 g/mol. The van der Waals surface area contributed by atoms with E-state index in [1.807, 2.05) is 6.07 Å². The highest BCUT2D eigenvalue weighted by Crippen LogP contribution is 2.37. The van der Waals surface area contributed by atoms with E-state index in [1.165, 1.54) is 15.8 Å². The second-order valence-corrected chi connectivity index (χ2v) is 8.34. The fourth-order valence-electron chi connectivity index (χ4n) is 3.03. The van der Waals surface area contributed by atoms with Gasteiger partial charge in [-0.15, -0.1) is 11.8 Å². The number of para-hydroxylation sites is 1. The summed E-state index contributed by atoms with van der Waals surface area (Å²) in [6, 6.07) is 20.2. The number of aromatic amines is 1. The number of aryl methyl sites for hydroxylation is 1. The van der Waals surface area contributed by atoms with Gasteiger partial charge in [0, 0.05) is 28.1 Å². The molecule has 0 radical (unpaired) electrons. The summed E-state index contributed by atoms with van der Waals surface area (Å²) in [5, 5.41) is 4.10. The smallest absolute Gasteiger partial charge is 0.287 e. The van der Waals surface area contributed by atoms with E-state index in [9.17, 15) is 4.79 Å². The van der Waals surface area contributed by atoms with Gasteiger partial charge in [-0.2, -0.15) is 0 Å². The lowest BCUT2D eigenvalue weighted by molar-refractivity contribution is 0.0927. The third-order valence-electron chi connectivity index (χ3n) is 4.43. The summed E-state index contributed by atoms with van der Waals surface area (Å²) in [7, 11) is 0. The van der Waals surface area contributed by atoms with Gasteiger partial charge in [0.25, 0.3) is 5.91 Å². The van der Waals surface area contributed by atoms with Gasteiger partial charge >= 0.3 is 0 Å². The molecule has 4 rings (SSSR count). The van der Waals surface area contributed by atoms with Crippen molar-refractivity contribution in [1.82, 2.24) is 10.3 Å². The van der Waals surface area contributed by atoms with Crippen LogP contribution in [0.1, 0.15) is 16.1 Å². The van der Waals surface area contributed by atoms with Crippen molar-refractivity contribution in [3.63, 3.8) is 0 Å². The molecule has 2 aromatic heterocycles. The maximum absolute atomic E-state index is 12.1. The minimum Gasteiger partial charge on any atom is -0.444 e. The number of fused-ring (bicyclic) bond motifs is 1. The molecule has 142 valence electrons. The van der Waals surface area contributed by atoms with E-state index in [2.05, 4.69) is 75.6 Å². The zero-order valence-corrected chi connectivity index (χ0v) is 17.7. The van der Waals surface area contributed by atoms with Gasteiger partial charge in [-0.1, -0.05) is 48.0 Å². The van der Waals surface area contributed by atoms with Crippen LogP contribution in [0.15, 0.2) is 74.6 Å². The van der Waals surface area contributed by atoms with Gasteiger partial charge in [0.1, 0.15) is 0 Å². The second kappa shape index (κ2) is 8.29. The van der Waals surface area contributed by atoms with Crippen LogP contribution in [0.4, 0.5) is 0 Å². The van der Waals surface area contributed by atoms with E-state index >= 15 is 0 Å². The number of rotatable bonds is 6. The summed E-state index contributed by atoms with van der Waals surface area (Å²) in [6.45, 7) is 2.64. The van der Waals surface area contributed by atoms with Gasteiger partial charge in [-0.25, -0.2) is 0 Å². The lowest BCUT2D eigenvalue weighted by Crippen LogP contribution is -2.25. The SMILES string of the molecule is Cc1ccc(-c2[nH]c3ccccc3c2SCCNC(=O)c2ccc(Br)o2)cc1. The number of nitrogens with one attached hydrogen (secondary N) is 2. The molecule has 2 N–H and O–H groups in total. The lowest BCUT2D eigenvalue weighted by Gasteiger charge is -2.07. The van der Waals surface area contributed by atoms with Crippen molar-refractivity contribution in [2.75, 3.05) is 12.3 Å². The third-order valence-corrected chi connectivity index (χ3v) is 5.98. The average molecular weight is 455 g/mol. The van der Waals surface area contributed by atoms with Crippen molar-refractivity contribution in [1.29, 1.82) is 0 Å². The highest BCUT2D eigenvalue weighted by molar-refractivity contribution is 9.10. The van der Waals surface area contributed by atoms with Crippen LogP contribution in [0.25, 0.3) is 22.2 Å². The van der Waals surface area contributed by atoms with Gasteiger partial charge < -0.3 is 14.7 Å². The summed E-state index contributed by atoms with van der Waals surface area (Å²) in [5.41, 5.74) is 4.63. The van der Waals surface area contributed by atoms with Crippen LogP contribution in [-0.2, 0) is 0 Å². The number of carbonyl (C=O) groups excluding carboxylic acids is 1. The van der Waals surface area contributed by atoms with Crippen molar-refractivity contribution < 1.29 is 9.21 Å². The van der Waals surface area contributed by atoms with Crippen molar-refractivity contribution in [2.45, 2.75) is 11.8 Å². The summed E-state index contributed by atoms with van der Waals surface area (Å²) in [4.78, 5) is 16.9. The Morgan fingerprint density at radius 3 is 2.64 bits per heavy atom. The monoisotopic (exact) mass is 454 g/mol. The molecule has 0 saturated carbocycles. The van der Waals surface area contributed by atoms with Crippen LogP contribution < -0.4 is 5.32 Å². The molecule has 6 heteroatoms. The van der Waals surface area contributed by atoms with Crippen molar-refractivity contribution in [3.05, 3.63) is 76.7 Å². The molecule has 0 bridgehead atoms. The summed E-state index contributed by atoms with van der Waals surface area (Å²) in [5.74, 6) is 0.863. The number of thioether (sulfide) groups is 1. The number of amides is 1. The van der Waals surface area contributed by atoms with E-state index in [4.69, 9.17) is 4.42 Å². The van der Waals surface area contributed by atoms with E-state index in [1.54, 1.807) is 23.9 Å². The Bertz CT molecular complexity index is 1120. The number of aromatic nitrogens is 1. The van der Waals surface area contributed by atoms with Crippen LogP contribution in [-0.4, -0.2) is 23.2 Å². The molecule has 0 spiro atoms. The first-order chi connectivity index (χ1) is 13.6. The van der Waals surface area contributed by atoms with Crippen LogP contribution in [0.3, 0.4) is 0 Å². The lowest BCUT2D eigenvalue weighted by atomic mass is 10.1. The van der Waals surface area contributed by atoms with Crippen LogP contribution in [0, 0.1) is 6.92 Å². The molecule has 0 atom stereocenters. The summed E-state index contributed by atoms with van der Waals surface area (Å²) in [6.07, 6.45) is 0. The molecule has 28 heavy (non-hydrogen) atoms. The van der Waals surface area contributed by atoms with Crippen LogP contribution in [0.5, 0.6) is 0 Å². The Morgan fingerprint density at radius 2 is 1.89 bits per heavy atom. The molecule has 0 aliphatic rings. The standard InChI is InChI=1S/C22H19BrN2O2S/c1-14-6-8-15(9-7-14)20-21(16-4-2-3-5-17(16)25-20)28-13-12-24-22(26)18-10-11-19(23)27-18/h2-11,25H,12-13H2,1H3,(H,24,26). The van der Waals surface area contributed by atoms with E-state index in [0.29, 0.717) is 17.0 Å². The molecule has 0 aliphatic heterocycles. The first-order valence-corrected chi connectivity index (χ1v) is 10.7. The number of hydrogen-bond acceptors (Lipinski definition) is 3. The van der Waals surface area contributed by atoms with E-state index in [-0.39, 0.29) is 5.91 Å². The highest BCUT2D eigenvalue weighted by atomic mass is 79.9. The number of hydrogen-bond donors (Lipinski definition) is 2. The Kier molecular flexibility index (Phi) is 5.59. The average Bonchev–Trinajstić information content (AvgIpc) is 3.29. The molecular formula is C22H19BrN2O2S. The topological polar surface area (TPSA) is 58.0 Å². The molecule has 4 nitrogen and oxygen atoms in total. The summed E-state index contributed by atoms with van der Waals surface area (Å²) >= 11 is 4.95. The number of H-pyrrole nitrogens is 1. The largest absolute Gasteiger partial charge is 0.444 e. The van der Waals surface area contributed by atoms with Crippen molar-refractivity contribution >= 4 is 44.5 Å². The zero-order chi connectivity index (χ0) is 19.5. The minimum atomic E-state index is -0.205. The van der Waals surface area contributed by atoms with Gasteiger partial charge in [-0.05, 0) is 46.6 Å². The van der Waals surface area contributed by atoms with E-state index < -0.39 is 0 Å². The van der Waals surface area contributed by atoms with Crippen LogP contribution >= 0.6 is 27.7 Å². The first-order valence-electron chi connectivity index (χ1n) is 8.96. The number of carbonyl (C=O) groups is 1. The quantitative estimate of drug-likeness (QED) is 0.276. The van der Waals surface area contributed by atoms with Gasteiger partial charge in [0.15, 0.2) is 10.4 Å². The van der Waals surface area contributed by atoms with Gasteiger partial charge in [0.05, 0.1) is 5.69 Å². The fourth-order valence-corrected chi connectivity index (χ4v) is 4.39. The molecule has 0 unspecified atom stereocenters. The molecule has 2 aromatic carbocycles. The van der Waals surface area contributed by atoms with Gasteiger partial charge in [-0.3, -0.25) is 4.79 Å². The zero-order valence-electron chi connectivity index (χ0n) is 15.3. The number of halogens is 1. The summed E-state index contributed by atoms with van der Waals surface area (Å²) < 4.78 is 5.83. The normalized spacial score (nSPS) is 11.1. The second-order valence-electron chi connectivity index (χ2n) is 6.45. The first kappa shape index (κ1) is 18.9. The molecule has 2 heterocycles. The number of furan rings is 1. The van der Waals surface area contributed by atoms with Crippen molar-refractivity contribution in [2.24, 2.45) is 0 Å². The third kappa shape index (κ3) is 4.03. The molecule has 4 aromatic rings. The van der Waals surface area contributed by atoms with E-state index in [0.717, 1.165) is 22.5 Å².